The van der Waals surface area contributed by atoms with Crippen LogP contribution in [-0.2, 0) is 4.74 Å². The number of ether oxygens (including phenoxy) is 2. The zero-order valence-corrected chi connectivity index (χ0v) is 13.8. The summed E-state index contributed by atoms with van der Waals surface area (Å²) in [5, 5.41) is 8.45. The lowest BCUT2D eigenvalue weighted by Gasteiger charge is -2.29. The molecular weight excluding hydrogens is 278 g/mol. The van der Waals surface area contributed by atoms with Gasteiger partial charge in [-0.1, -0.05) is 0 Å². The molecule has 0 aliphatic carbocycles. The van der Waals surface area contributed by atoms with Gasteiger partial charge < -0.3 is 14.4 Å². The van der Waals surface area contributed by atoms with Crippen LogP contribution in [0.5, 0.6) is 5.75 Å². The molecule has 1 aliphatic heterocycles. The Bertz CT molecular complexity index is 556. The summed E-state index contributed by atoms with van der Waals surface area (Å²) in [6.07, 6.45) is 1.74. The highest BCUT2D eigenvalue weighted by atomic mass is 16.5. The highest BCUT2D eigenvalue weighted by Crippen LogP contribution is 2.28. The molecule has 5 nitrogen and oxygen atoms in total. The van der Waals surface area contributed by atoms with E-state index in [1.165, 1.54) is 0 Å². The van der Waals surface area contributed by atoms with Gasteiger partial charge in [0.1, 0.15) is 17.2 Å². The van der Waals surface area contributed by atoms with Gasteiger partial charge in [-0.2, -0.15) is 0 Å². The first-order valence-corrected chi connectivity index (χ1v) is 7.64. The molecule has 1 aliphatic rings. The van der Waals surface area contributed by atoms with Gasteiger partial charge in [-0.05, 0) is 39.8 Å². The number of aliphatic imine (C=N–C) groups is 1. The summed E-state index contributed by atoms with van der Waals surface area (Å²) in [6, 6.07) is 5.72. The third-order valence-electron chi connectivity index (χ3n) is 3.24. The van der Waals surface area contributed by atoms with E-state index in [1.807, 2.05) is 50.8 Å². The van der Waals surface area contributed by atoms with E-state index < -0.39 is 0 Å². The maximum absolute atomic E-state index is 8.45. The third kappa shape index (κ3) is 4.31. The van der Waals surface area contributed by atoms with Crippen molar-refractivity contribution in [2.45, 2.75) is 33.3 Å². The molecule has 2 rings (SSSR count). The first-order chi connectivity index (χ1) is 10.4. The molecule has 0 atom stereocenters. The Morgan fingerprint density at radius 3 is 2.59 bits per heavy atom. The van der Waals surface area contributed by atoms with Crippen LogP contribution in [0.3, 0.4) is 0 Å². The predicted octanol–water partition coefficient (Wildman–Crippen LogP) is 3.24. The van der Waals surface area contributed by atoms with Crippen LogP contribution in [0.1, 0.15) is 33.3 Å². The first-order valence-electron chi connectivity index (χ1n) is 7.64. The van der Waals surface area contributed by atoms with Gasteiger partial charge in [-0.3, -0.25) is 10.4 Å². The lowest BCUT2D eigenvalue weighted by Crippen LogP contribution is -2.40. The van der Waals surface area contributed by atoms with Crippen molar-refractivity contribution >= 4 is 17.7 Å². The number of morpholine rings is 1. The van der Waals surface area contributed by atoms with E-state index in [0.29, 0.717) is 19.0 Å². The molecule has 1 aromatic carbocycles. The maximum Gasteiger partial charge on any atom is 0.130 e. The Labute approximate surface area is 132 Å². The van der Waals surface area contributed by atoms with Crippen molar-refractivity contribution in [2.24, 2.45) is 4.99 Å². The summed E-state index contributed by atoms with van der Waals surface area (Å²) in [5.41, 5.74) is 1.33. The third-order valence-corrected chi connectivity index (χ3v) is 3.24. The molecule has 1 saturated heterocycles. The van der Waals surface area contributed by atoms with Gasteiger partial charge in [0.15, 0.2) is 0 Å². The van der Waals surface area contributed by atoms with Gasteiger partial charge in [-0.25, -0.2) is 0 Å². The second kappa shape index (κ2) is 6.92. The lowest BCUT2D eigenvalue weighted by atomic mass is 10.1. The molecule has 120 valence electrons. The second-order valence-corrected chi connectivity index (χ2v) is 6.23. The van der Waals surface area contributed by atoms with Crippen molar-refractivity contribution in [1.82, 2.24) is 4.90 Å². The minimum atomic E-state index is -0.258. The van der Waals surface area contributed by atoms with E-state index in [-0.39, 0.29) is 5.60 Å². The van der Waals surface area contributed by atoms with E-state index in [2.05, 4.69) is 4.99 Å². The smallest absolute Gasteiger partial charge is 0.130 e. The Morgan fingerprint density at radius 1 is 1.32 bits per heavy atom. The van der Waals surface area contributed by atoms with E-state index in [4.69, 9.17) is 14.9 Å². The minimum Gasteiger partial charge on any atom is -0.488 e. The topological polar surface area (TPSA) is 57.9 Å². The van der Waals surface area contributed by atoms with Crippen LogP contribution in [0.15, 0.2) is 23.2 Å². The first kappa shape index (κ1) is 16.5. The highest BCUT2D eigenvalue weighted by Gasteiger charge is 2.19. The van der Waals surface area contributed by atoms with Gasteiger partial charge in [0.2, 0.25) is 0 Å². The van der Waals surface area contributed by atoms with Gasteiger partial charge in [0.25, 0.3) is 0 Å². The Balaban J connectivity index is 2.28. The summed E-state index contributed by atoms with van der Waals surface area (Å²) >= 11 is 0. The fourth-order valence-electron chi connectivity index (χ4n) is 2.33. The molecular formula is C17H25N3O2. The number of nitrogens with one attached hydrogen (secondary N) is 1. The molecule has 1 N–H and O–H groups in total. The summed E-state index contributed by atoms with van der Waals surface area (Å²) in [6.45, 7) is 10.7. The Hall–Kier alpha value is -1.88. The highest BCUT2D eigenvalue weighted by molar-refractivity contribution is 6.01. The fourth-order valence-corrected chi connectivity index (χ4v) is 2.33. The quantitative estimate of drug-likeness (QED) is 0.689. The molecule has 0 amide bonds. The fraction of sp³-hybridized carbons (Fsp3) is 0.529. The monoisotopic (exact) mass is 303 g/mol. The molecule has 0 spiro atoms. The summed E-state index contributed by atoms with van der Waals surface area (Å²) in [4.78, 5) is 6.44. The molecule has 0 aromatic heterocycles. The normalized spacial score (nSPS) is 16.1. The van der Waals surface area contributed by atoms with Crippen LogP contribution in [-0.4, -0.2) is 48.9 Å². The van der Waals surface area contributed by atoms with Gasteiger partial charge >= 0.3 is 0 Å². The number of hydrogen-bond donors (Lipinski definition) is 1. The van der Waals surface area contributed by atoms with Crippen LogP contribution in [0.25, 0.3) is 0 Å². The summed E-state index contributed by atoms with van der Waals surface area (Å²) < 4.78 is 11.2. The van der Waals surface area contributed by atoms with Crippen LogP contribution >= 0.6 is 0 Å². The van der Waals surface area contributed by atoms with E-state index >= 15 is 0 Å². The largest absolute Gasteiger partial charge is 0.488 e. The van der Waals surface area contributed by atoms with Crippen molar-refractivity contribution in [3.63, 3.8) is 0 Å². The van der Waals surface area contributed by atoms with Crippen molar-refractivity contribution in [3.8, 4) is 5.75 Å². The SMILES string of the molecule is CC=Nc1cc(OC(C)(C)C)ccc1C(=N)N1CCOCC1. The number of hydrogen-bond acceptors (Lipinski definition) is 4. The number of nitrogens with zero attached hydrogens (tertiary/aromatic N) is 2. The number of amidine groups is 1. The average Bonchev–Trinajstić information content (AvgIpc) is 2.46. The summed E-state index contributed by atoms with van der Waals surface area (Å²) in [7, 11) is 0. The van der Waals surface area contributed by atoms with Crippen LogP contribution in [0.4, 0.5) is 5.69 Å². The zero-order valence-electron chi connectivity index (χ0n) is 13.8. The molecule has 1 heterocycles. The van der Waals surface area contributed by atoms with Crippen molar-refractivity contribution in [1.29, 1.82) is 5.41 Å². The number of rotatable bonds is 3. The summed E-state index contributed by atoms with van der Waals surface area (Å²) in [5.74, 6) is 1.26. The van der Waals surface area contributed by atoms with Gasteiger partial charge in [-0.15, -0.1) is 0 Å². The lowest BCUT2D eigenvalue weighted by molar-refractivity contribution is 0.0680. The molecule has 0 unspecified atom stereocenters. The van der Waals surface area contributed by atoms with Crippen molar-refractivity contribution in [3.05, 3.63) is 23.8 Å². The van der Waals surface area contributed by atoms with Crippen molar-refractivity contribution < 1.29 is 9.47 Å². The Kier molecular flexibility index (Phi) is 5.19. The molecule has 0 saturated carbocycles. The van der Waals surface area contributed by atoms with Crippen molar-refractivity contribution in [2.75, 3.05) is 26.3 Å². The van der Waals surface area contributed by atoms with E-state index in [0.717, 1.165) is 30.1 Å². The van der Waals surface area contributed by atoms with Gasteiger partial charge in [0, 0.05) is 30.9 Å². The van der Waals surface area contributed by atoms with Crippen LogP contribution < -0.4 is 4.74 Å². The maximum atomic E-state index is 8.45. The molecule has 5 heteroatoms. The minimum absolute atomic E-state index is 0.258. The molecule has 22 heavy (non-hydrogen) atoms. The van der Waals surface area contributed by atoms with Gasteiger partial charge in [0.05, 0.1) is 18.9 Å². The van der Waals surface area contributed by atoms with E-state index in [1.54, 1.807) is 6.21 Å². The van der Waals surface area contributed by atoms with Crippen LogP contribution in [0, 0.1) is 5.41 Å². The van der Waals surface area contributed by atoms with E-state index in [9.17, 15) is 0 Å². The molecule has 1 fully saturated rings. The van der Waals surface area contributed by atoms with Crippen LogP contribution in [0.2, 0.25) is 0 Å². The Morgan fingerprint density at radius 2 is 2.00 bits per heavy atom. The second-order valence-electron chi connectivity index (χ2n) is 6.23. The number of benzene rings is 1. The molecule has 1 aromatic rings. The standard InChI is InChI=1S/C17H25N3O2/c1-5-19-15-12-13(22-17(2,3)4)6-7-14(15)16(18)20-8-10-21-11-9-20/h5-7,12,18H,8-11H2,1-4H3. The molecule has 0 radical (unpaired) electrons. The zero-order chi connectivity index (χ0) is 16.2. The molecule has 0 bridgehead atoms. The average molecular weight is 303 g/mol. The predicted molar refractivity (Wildman–Crippen MR) is 89.9 cm³/mol.